The third kappa shape index (κ3) is 2.44. The van der Waals surface area contributed by atoms with Crippen LogP contribution in [0.15, 0.2) is 42.6 Å². The molecule has 3 heterocycles. The molecule has 7 heteroatoms. The van der Waals surface area contributed by atoms with Crippen LogP contribution in [-0.2, 0) is 15.0 Å². The minimum Gasteiger partial charge on any atom is -0.325 e. The summed E-state index contributed by atoms with van der Waals surface area (Å²) in [5.41, 5.74) is 1.84. The van der Waals surface area contributed by atoms with Gasteiger partial charge in [-0.3, -0.25) is 9.59 Å². The summed E-state index contributed by atoms with van der Waals surface area (Å²) in [5, 5.41) is 17.6. The maximum atomic E-state index is 12.5. The second kappa shape index (κ2) is 5.69. The summed E-state index contributed by atoms with van der Waals surface area (Å²) in [6.45, 7) is 0.416. The molecular formula is C18H15N5O2. The van der Waals surface area contributed by atoms with Gasteiger partial charge in [-0.25, -0.2) is 4.98 Å². The summed E-state index contributed by atoms with van der Waals surface area (Å²) in [6, 6.07) is 12.2. The molecule has 2 aromatic rings. The predicted octanol–water partition coefficient (Wildman–Crippen LogP) is 1.14. The summed E-state index contributed by atoms with van der Waals surface area (Å²) in [4.78, 5) is 29.0. The van der Waals surface area contributed by atoms with E-state index in [0.29, 0.717) is 18.7 Å². The average Bonchev–Trinajstić information content (AvgIpc) is 3.20. The molecule has 2 amide bonds. The molecule has 1 spiro atoms. The number of carbonyl (C=O) groups excluding carboxylic acids is 2. The molecule has 2 aliphatic rings. The van der Waals surface area contributed by atoms with Crippen LogP contribution in [0, 0.1) is 11.3 Å². The van der Waals surface area contributed by atoms with Gasteiger partial charge in [0.1, 0.15) is 11.8 Å². The van der Waals surface area contributed by atoms with Crippen molar-refractivity contribution in [3.63, 3.8) is 0 Å². The lowest BCUT2D eigenvalue weighted by atomic mass is 9.79. The van der Waals surface area contributed by atoms with Gasteiger partial charge in [0.2, 0.25) is 11.8 Å². The second-order valence-corrected chi connectivity index (χ2v) is 6.25. The Bertz CT molecular complexity index is 902. The summed E-state index contributed by atoms with van der Waals surface area (Å²) >= 11 is 0. The van der Waals surface area contributed by atoms with Gasteiger partial charge in [0.05, 0.1) is 23.3 Å². The van der Waals surface area contributed by atoms with Crippen molar-refractivity contribution in [2.45, 2.75) is 17.9 Å². The zero-order valence-corrected chi connectivity index (χ0v) is 13.2. The van der Waals surface area contributed by atoms with Crippen LogP contribution in [-0.4, -0.2) is 29.4 Å². The first-order valence-electron chi connectivity index (χ1n) is 7.94. The topological polar surface area (TPSA) is 107 Å². The van der Waals surface area contributed by atoms with Crippen LogP contribution in [0.1, 0.15) is 17.7 Å². The molecule has 0 aliphatic carbocycles. The molecule has 2 atom stereocenters. The number of nitrogens with one attached hydrogen (secondary N) is 3. The molecule has 124 valence electrons. The van der Waals surface area contributed by atoms with E-state index < -0.39 is 11.5 Å². The van der Waals surface area contributed by atoms with E-state index in [2.05, 4.69) is 20.9 Å². The first-order valence-corrected chi connectivity index (χ1v) is 7.94. The zero-order chi connectivity index (χ0) is 17.4. The molecule has 25 heavy (non-hydrogen) atoms. The van der Waals surface area contributed by atoms with Crippen molar-refractivity contribution < 1.29 is 9.59 Å². The van der Waals surface area contributed by atoms with Crippen molar-refractivity contribution in [3.8, 4) is 6.07 Å². The Morgan fingerprint density at radius 3 is 2.92 bits per heavy atom. The number of pyridine rings is 1. The Morgan fingerprint density at radius 1 is 1.32 bits per heavy atom. The number of amides is 2. The molecule has 0 saturated carbocycles. The van der Waals surface area contributed by atoms with E-state index in [9.17, 15) is 9.59 Å². The van der Waals surface area contributed by atoms with Crippen molar-refractivity contribution in [1.82, 2.24) is 10.3 Å². The Hall–Kier alpha value is -3.24. The molecule has 3 N–H and O–H groups in total. The van der Waals surface area contributed by atoms with Gasteiger partial charge in [0, 0.05) is 12.2 Å². The van der Waals surface area contributed by atoms with Crippen molar-refractivity contribution >= 4 is 23.2 Å². The number of benzene rings is 1. The van der Waals surface area contributed by atoms with Gasteiger partial charge < -0.3 is 16.0 Å². The molecular weight excluding hydrogens is 318 g/mol. The number of nitriles is 1. The summed E-state index contributed by atoms with van der Waals surface area (Å²) < 4.78 is 0. The Kier molecular flexibility index (Phi) is 3.48. The summed E-state index contributed by atoms with van der Waals surface area (Å²) in [6.07, 6.45) is 1.84. The van der Waals surface area contributed by atoms with Crippen LogP contribution in [0.5, 0.6) is 0 Å². The number of carbonyl (C=O) groups is 2. The minimum absolute atomic E-state index is 0.0726. The molecule has 2 aliphatic heterocycles. The average molecular weight is 333 g/mol. The number of anilines is 2. The van der Waals surface area contributed by atoms with Crippen LogP contribution in [0.4, 0.5) is 11.4 Å². The van der Waals surface area contributed by atoms with Crippen molar-refractivity contribution in [2.75, 3.05) is 17.2 Å². The van der Waals surface area contributed by atoms with Gasteiger partial charge in [0.25, 0.3) is 0 Å². The number of para-hydroxylation sites is 1. The lowest BCUT2D eigenvalue weighted by Gasteiger charge is -2.20. The third-order valence-electron chi connectivity index (χ3n) is 4.79. The Morgan fingerprint density at radius 2 is 2.16 bits per heavy atom. The molecule has 1 saturated heterocycles. The molecule has 4 rings (SSSR count). The number of hydrogen-bond donors (Lipinski definition) is 3. The summed E-state index contributed by atoms with van der Waals surface area (Å²) in [5.74, 6) is -0.294. The molecule has 2 unspecified atom stereocenters. The van der Waals surface area contributed by atoms with Crippen molar-refractivity contribution in [2.24, 2.45) is 0 Å². The van der Waals surface area contributed by atoms with E-state index in [1.54, 1.807) is 12.1 Å². The monoisotopic (exact) mass is 333 g/mol. The Balaban J connectivity index is 1.51. The minimum atomic E-state index is -0.707. The van der Waals surface area contributed by atoms with Crippen LogP contribution in [0.25, 0.3) is 0 Å². The van der Waals surface area contributed by atoms with E-state index in [-0.39, 0.29) is 17.5 Å². The number of hydrogen-bond acceptors (Lipinski definition) is 5. The molecule has 1 aromatic carbocycles. The van der Waals surface area contributed by atoms with E-state index in [1.807, 2.05) is 30.3 Å². The van der Waals surface area contributed by atoms with E-state index in [0.717, 1.165) is 11.3 Å². The largest absolute Gasteiger partial charge is 0.325 e. The summed E-state index contributed by atoms with van der Waals surface area (Å²) in [7, 11) is 0. The van der Waals surface area contributed by atoms with Gasteiger partial charge in [0.15, 0.2) is 0 Å². The lowest BCUT2D eigenvalue weighted by molar-refractivity contribution is -0.120. The standard InChI is InChI=1S/C18H15N5O2/c19-8-11-5-6-12(9-20-11)22-16(24)15-7-18(10-21-15)13-3-1-2-4-14(13)23-17(18)25/h1-6,9,15,21H,7,10H2,(H,22,24)(H,23,25). The molecule has 0 bridgehead atoms. The highest BCUT2D eigenvalue weighted by atomic mass is 16.2. The normalized spacial score (nSPS) is 23.8. The van der Waals surface area contributed by atoms with Crippen LogP contribution in [0.3, 0.4) is 0 Å². The maximum Gasteiger partial charge on any atom is 0.241 e. The van der Waals surface area contributed by atoms with Crippen molar-refractivity contribution in [3.05, 3.63) is 53.9 Å². The second-order valence-electron chi connectivity index (χ2n) is 6.25. The highest BCUT2D eigenvalue weighted by Crippen LogP contribution is 2.43. The van der Waals surface area contributed by atoms with Crippen LogP contribution in [0.2, 0.25) is 0 Å². The van der Waals surface area contributed by atoms with Gasteiger partial charge in [-0.2, -0.15) is 5.26 Å². The van der Waals surface area contributed by atoms with Gasteiger partial charge in [-0.15, -0.1) is 0 Å². The fourth-order valence-corrected chi connectivity index (χ4v) is 3.49. The van der Waals surface area contributed by atoms with E-state index in [4.69, 9.17) is 5.26 Å². The quantitative estimate of drug-likeness (QED) is 0.764. The van der Waals surface area contributed by atoms with Gasteiger partial charge in [-0.1, -0.05) is 18.2 Å². The molecule has 1 fully saturated rings. The van der Waals surface area contributed by atoms with E-state index in [1.165, 1.54) is 6.20 Å². The van der Waals surface area contributed by atoms with Crippen LogP contribution >= 0.6 is 0 Å². The maximum absolute atomic E-state index is 12.5. The zero-order valence-electron chi connectivity index (χ0n) is 13.2. The van der Waals surface area contributed by atoms with Crippen LogP contribution < -0.4 is 16.0 Å². The highest BCUT2D eigenvalue weighted by Gasteiger charge is 2.52. The number of rotatable bonds is 2. The van der Waals surface area contributed by atoms with Gasteiger partial charge in [-0.05, 0) is 30.2 Å². The van der Waals surface area contributed by atoms with Gasteiger partial charge >= 0.3 is 0 Å². The Labute approximate surface area is 144 Å². The fraction of sp³-hybridized carbons (Fsp3) is 0.222. The molecule has 7 nitrogen and oxygen atoms in total. The van der Waals surface area contributed by atoms with E-state index >= 15 is 0 Å². The molecule has 0 radical (unpaired) electrons. The number of nitrogens with zero attached hydrogens (tertiary/aromatic N) is 2. The fourth-order valence-electron chi connectivity index (χ4n) is 3.49. The SMILES string of the molecule is N#Cc1ccc(NC(=O)C2CC3(CN2)C(=O)Nc2ccccc23)cn1. The smallest absolute Gasteiger partial charge is 0.241 e. The lowest BCUT2D eigenvalue weighted by Crippen LogP contribution is -2.36. The number of aromatic nitrogens is 1. The first kappa shape index (κ1) is 15.3. The predicted molar refractivity (Wildman–Crippen MR) is 90.7 cm³/mol. The molecule has 1 aromatic heterocycles. The highest BCUT2D eigenvalue weighted by molar-refractivity contribution is 6.08. The number of fused-ring (bicyclic) bond motifs is 2. The third-order valence-corrected chi connectivity index (χ3v) is 4.79. The van der Waals surface area contributed by atoms with Crippen molar-refractivity contribution in [1.29, 1.82) is 5.26 Å². The first-order chi connectivity index (χ1) is 12.1.